The van der Waals surface area contributed by atoms with Crippen LogP contribution >= 0.6 is 0 Å². The first-order valence-electron chi connectivity index (χ1n) is 9.01. The van der Waals surface area contributed by atoms with Gasteiger partial charge in [0.05, 0.1) is 13.2 Å². The lowest BCUT2D eigenvalue weighted by Crippen LogP contribution is -2.58. The van der Waals surface area contributed by atoms with Gasteiger partial charge in [-0.2, -0.15) is 0 Å². The monoisotopic (exact) mass is 388 g/mol. The molecule has 0 radical (unpaired) electrons. The lowest BCUT2D eigenvalue weighted by Gasteiger charge is -2.25. The van der Waals surface area contributed by atoms with Crippen molar-refractivity contribution in [2.24, 2.45) is 17.6 Å². The molecule has 0 aromatic carbocycles. The molecule has 4 atom stereocenters. The lowest BCUT2D eigenvalue weighted by molar-refractivity contribution is -0.144. The van der Waals surface area contributed by atoms with E-state index in [-0.39, 0.29) is 18.4 Å². The molecule has 7 N–H and O–H groups in total. The number of carboxylic acid groups (broad SMARTS) is 1. The van der Waals surface area contributed by atoms with E-state index in [2.05, 4.69) is 16.0 Å². The predicted octanol–water partition coefficient (Wildman–Crippen LogP) is -1.43. The standard InChI is InChI=1S/C17H32N4O6/c1-5-10(4)14(17(26)27)21-16(25)12(8-22)20-15(24)11(6-9(2)3)19-13(23)7-18/h9-12,14,22H,5-8,18H2,1-4H3,(H,19,23)(H,20,24)(H,21,25)(H,26,27). The SMILES string of the molecule is CCC(C)C(NC(=O)C(CO)NC(=O)C(CC(C)C)NC(=O)CN)C(=O)O. The van der Waals surface area contributed by atoms with Gasteiger partial charge in [0.1, 0.15) is 18.1 Å². The Morgan fingerprint density at radius 2 is 1.52 bits per heavy atom. The Hall–Kier alpha value is -2.20. The van der Waals surface area contributed by atoms with Crippen molar-refractivity contribution in [3.05, 3.63) is 0 Å². The number of aliphatic hydroxyl groups is 1. The van der Waals surface area contributed by atoms with Crippen LogP contribution in [-0.2, 0) is 19.2 Å². The highest BCUT2D eigenvalue weighted by Crippen LogP contribution is 2.09. The minimum atomic E-state index is -1.34. The fraction of sp³-hybridized carbons (Fsp3) is 0.765. The zero-order valence-corrected chi connectivity index (χ0v) is 16.3. The van der Waals surface area contributed by atoms with Crippen LogP contribution in [0, 0.1) is 11.8 Å². The fourth-order valence-corrected chi connectivity index (χ4v) is 2.36. The summed E-state index contributed by atoms with van der Waals surface area (Å²) in [6.45, 7) is 6.16. The van der Waals surface area contributed by atoms with E-state index in [0.29, 0.717) is 12.8 Å². The average Bonchev–Trinajstić information content (AvgIpc) is 2.61. The Labute approximate surface area is 159 Å². The van der Waals surface area contributed by atoms with Crippen LogP contribution in [0.25, 0.3) is 0 Å². The second-order valence-corrected chi connectivity index (χ2v) is 6.91. The number of amides is 3. The molecule has 0 aliphatic rings. The van der Waals surface area contributed by atoms with E-state index >= 15 is 0 Å². The van der Waals surface area contributed by atoms with E-state index in [1.54, 1.807) is 13.8 Å². The van der Waals surface area contributed by atoms with Crippen molar-refractivity contribution in [3.63, 3.8) is 0 Å². The van der Waals surface area contributed by atoms with Gasteiger partial charge in [0, 0.05) is 0 Å². The predicted molar refractivity (Wildman–Crippen MR) is 98.5 cm³/mol. The Balaban J connectivity index is 5.13. The lowest BCUT2D eigenvalue weighted by atomic mass is 9.99. The quantitative estimate of drug-likeness (QED) is 0.238. The van der Waals surface area contributed by atoms with Crippen LogP contribution in [0.1, 0.15) is 40.5 Å². The Morgan fingerprint density at radius 3 is 1.93 bits per heavy atom. The Bertz CT molecular complexity index is 526. The number of aliphatic hydroxyl groups excluding tert-OH is 1. The topological polar surface area (TPSA) is 171 Å². The van der Waals surface area contributed by atoms with Crippen molar-refractivity contribution >= 4 is 23.7 Å². The average molecular weight is 388 g/mol. The van der Waals surface area contributed by atoms with Gasteiger partial charge in [-0.25, -0.2) is 4.79 Å². The molecule has 4 unspecified atom stereocenters. The summed E-state index contributed by atoms with van der Waals surface area (Å²) >= 11 is 0. The zero-order chi connectivity index (χ0) is 21.1. The third kappa shape index (κ3) is 8.83. The van der Waals surface area contributed by atoms with Crippen molar-refractivity contribution in [1.82, 2.24) is 16.0 Å². The summed E-state index contributed by atoms with van der Waals surface area (Å²) in [7, 11) is 0. The minimum absolute atomic E-state index is 0.0713. The second-order valence-electron chi connectivity index (χ2n) is 6.91. The number of carboxylic acids is 1. The summed E-state index contributed by atoms with van der Waals surface area (Å²) in [5.74, 6) is -3.46. The maximum Gasteiger partial charge on any atom is 0.326 e. The highest BCUT2D eigenvalue weighted by Gasteiger charge is 2.31. The van der Waals surface area contributed by atoms with Crippen LogP contribution in [-0.4, -0.2) is 65.2 Å². The summed E-state index contributed by atoms with van der Waals surface area (Å²) in [6.07, 6.45) is 0.830. The smallest absolute Gasteiger partial charge is 0.326 e. The van der Waals surface area contributed by atoms with Gasteiger partial charge in [-0.05, 0) is 18.3 Å². The first-order valence-corrected chi connectivity index (χ1v) is 9.01. The molecule has 27 heavy (non-hydrogen) atoms. The highest BCUT2D eigenvalue weighted by molar-refractivity contribution is 5.93. The summed E-state index contributed by atoms with van der Waals surface area (Å²) < 4.78 is 0. The molecule has 0 aromatic rings. The summed E-state index contributed by atoms with van der Waals surface area (Å²) in [6, 6.07) is -3.41. The van der Waals surface area contributed by atoms with Crippen LogP contribution in [0.5, 0.6) is 0 Å². The third-order valence-corrected chi connectivity index (χ3v) is 4.14. The first-order chi connectivity index (χ1) is 12.6. The molecule has 0 heterocycles. The van der Waals surface area contributed by atoms with Crippen LogP contribution in [0.4, 0.5) is 0 Å². The molecule has 0 aromatic heterocycles. The number of hydrogen-bond acceptors (Lipinski definition) is 6. The van der Waals surface area contributed by atoms with E-state index in [9.17, 15) is 29.4 Å². The summed E-state index contributed by atoms with van der Waals surface area (Å²) in [5, 5.41) is 25.9. The number of nitrogens with two attached hydrogens (primary N) is 1. The largest absolute Gasteiger partial charge is 0.480 e. The van der Waals surface area contributed by atoms with E-state index in [4.69, 9.17) is 5.73 Å². The first kappa shape index (κ1) is 24.8. The summed E-state index contributed by atoms with van der Waals surface area (Å²) in [4.78, 5) is 47.6. The van der Waals surface area contributed by atoms with Crippen LogP contribution in [0.2, 0.25) is 0 Å². The Kier molecular flexibility index (Phi) is 11.2. The van der Waals surface area contributed by atoms with Gasteiger partial charge >= 0.3 is 5.97 Å². The van der Waals surface area contributed by atoms with Gasteiger partial charge in [-0.3, -0.25) is 14.4 Å². The number of rotatable bonds is 12. The molecular weight excluding hydrogens is 356 g/mol. The van der Waals surface area contributed by atoms with Gasteiger partial charge in [0.25, 0.3) is 0 Å². The number of hydrogen-bond donors (Lipinski definition) is 6. The Morgan fingerprint density at radius 1 is 0.963 bits per heavy atom. The van der Waals surface area contributed by atoms with Gasteiger partial charge in [-0.15, -0.1) is 0 Å². The molecule has 0 aliphatic carbocycles. The molecule has 0 rings (SSSR count). The second kappa shape index (κ2) is 12.2. The molecule has 0 saturated carbocycles. The molecule has 10 heteroatoms. The van der Waals surface area contributed by atoms with E-state index in [0.717, 1.165) is 0 Å². The van der Waals surface area contributed by atoms with Gasteiger partial charge in [0.15, 0.2) is 0 Å². The maximum absolute atomic E-state index is 12.4. The fourth-order valence-electron chi connectivity index (χ4n) is 2.36. The molecule has 0 fully saturated rings. The maximum atomic E-state index is 12.4. The van der Waals surface area contributed by atoms with Crippen molar-refractivity contribution in [2.45, 2.75) is 58.7 Å². The van der Waals surface area contributed by atoms with Crippen LogP contribution < -0.4 is 21.7 Å². The molecular formula is C17H32N4O6. The van der Waals surface area contributed by atoms with Crippen molar-refractivity contribution < 1.29 is 29.4 Å². The molecule has 156 valence electrons. The van der Waals surface area contributed by atoms with Crippen molar-refractivity contribution in [3.8, 4) is 0 Å². The van der Waals surface area contributed by atoms with Gasteiger partial charge < -0.3 is 31.9 Å². The third-order valence-electron chi connectivity index (χ3n) is 4.14. The molecule has 10 nitrogen and oxygen atoms in total. The number of carbonyl (C=O) groups is 4. The molecule has 0 saturated heterocycles. The van der Waals surface area contributed by atoms with Crippen LogP contribution in [0.15, 0.2) is 0 Å². The van der Waals surface area contributed by atoms with E-state index < -0.39 is 48.4 Å². The van der Waals surface area contributed by atoms with Crippen LogP contribution in [0.3, 0.4) is 0 Å². The normalized spacial score (nSPS) is 15.4. The number of aliphatic carboxylic acids is 1. The van der Waals surface area contributed by atoms with Crippen molar-refractivity contribution in [2.75, 3.05) is 13.2 Å². The molecule has 0 aliphatic heterocycles. The molecule has 3 amide bonds. The molecule has 0 bridgehead atoms. The van der Waals surface area contributed by atoms with Gasteiger partial charge in [-0.1, -0.05) is 34.1 Å². The van der Waals surface area contributed by atoms with E-state index in [1.807, 2.05) is 13.8 Å². The number of nitrogens with one attached hydrogen (secondary N) is 3. The minimum Gasteiger partial charge on any atom is -0.480 e. The zero-order valence-electron chi connectivity index (χ0n) is 16.3. The van der Waals surface area contributed by atoms with E-state index in [1.165, 1.54) is 0 Å². The van der Waals surface area contributed by atoms with Crippen molar-refractivity contribution in [1.29, 1.82) is 0 Å². The molecule has 0 spiro atoms. The van der Waals surface area contributed by atoms with Gasteiger partial charge in [0.2, 0.25) is 17.7 Å². The number of carbonyl (C=O) groups excluding carboxylic acids is 3. The summed E-state index contributed by atoms with van der Waals surface area (Å²) in [5.41, 5.74) is 5.25. The highest BCUT2D eigenvalue weighted by atomic mass is 16.4.